The summed E-state index contributed by atoms with van der Waals surface area (Å²) in [7, 11) is 0. The summed E-state index contributed by atoms with van der Waals surface area (Å²) < 4.78 is 5.70. The summed E-state index contributed by atoms with van der Waals surface area (Å²) in [6.07, 6.45) is 4.52. The van der Waals surface area contributed by atoms with Gasteiger partial charge in [-0.25, -0.2) is 0 Å². The molecule has 1 aliphatic rings. The molecule has 1 aromatic rings. The van der Waals surface area contributed by atoms with Gasteiger partial charge in [-0.3, -0.25) is 29.2 Å². The molecule has 0 saturated heterocycles. The number of nitrogens with zero attached hydrogens (tertiary/aromatic N) is 3. The molecule has 0 amide bonds. The van der Waals surface area contributed by atoms with Crippen molar-refractivity contribution in [2.45, 2.75) is 64.3 Å². The van der Waals surface area contributed by atoms with Crippen LogP contribution in [0.1, 0.15) is 45.2 Å². The molecule has 1 aliphatic carbocycles. The molecule has 11 heteroatoms. The smallest absolute Gasteiger partial charge is 0.491 e. The van der Waals surface area contributed by atoms with Crippen molar-refractivity contribution >= 4 is 17.9 Å². The summed E-state index contributed by atoms with van der Waals surface area (Å²) >= 11 is 0. The second-order valence-corrected chi connectivity index (χ2v) is 8.06. The van der Waals surface area contributed by atoms with Gasteiger partial charge in [-0.2, -0.15) is 0 Å². The van der Waals surface area contributed by atoms with Gasteiger partial charge < -0.3 is 20.1 Å². The topological polar surface area (TPSA) is 140 Å². The third kappa shape index (κ3) is 9.12. The molecule has 3 N–H and O–H groups in total. The van der Waals surface area contributed by atoms with Crippen molar-refractivity contribution < 1.29 is 51.5 Å². The molecule has 1 radical (unpaired) electrons. The van der Waals surface area contributed by atoms with Gasteiger partial charge in [0.05, 0.1) is 31.4 Å². The van der Waals surface area contributed by atoms with E-state index < -0.39 is 31.0 Å². The molecule has 0 spiro atoms. The van der Waals surface area contributed by atoms with Crippen LogP contribution in [0.3, 0.4) is 0 Å². The number of carboxylic acids is 3. The second kappa shape index (κ2) is 13.4. The van der Waals surface area contributed by atoms with Crippen molar-refractivity contribution in [1.82, 2.24) is 14.8 Å². The fourth-order valence-corrected chi connectivity index (χ4v) is 4.14. The van der Waals surface area contributed by atoms with E-state index in [9.17, 15) is 29.7 Å². The van der Waals surface area contributed by atoms with Crippen LogP contribution in [-0.4, -0.2) is 85.8 Å². The van der Waals surface area contributed by atoms with Crippen LogP contribution in [0.4, 0.5) is 0 Å². The molecule has 1 fully saturated rings. The van der Waals surface area contributed by atoms with E-state index in [2.05, 4.69) is 4.98 Å². The molecule has 32 heavy (non-hydrogen) atoms. The second-order valence-electron chi connectivity index (χ2n) is 8.06. The molecular formula is C21H31MnN3O7+2. The van der Waals surface area contributed by atoms with Crippen LogP contribution in [-0.2, 0) is 38.0 Å². The molecule has 1 saturated carbocycles. The third-order valence-electron chi connectivity index (χ3n) is 5.17. The minimum absolute atomic E-state index is 0. The van der Waals surface area contributed by atoms with E-state index in [1.165, 1.54) is 4.90 Å². The number of hydrogen-bond acceptors (Lipinski definition) is 7. The Morgan fingerprint density at radius 1 is 1.00 bits per heavy atom. The van der Waals surface area contributed by atoms with E-state index in [0.29, 0.717) is 24.3 Å². The van der Waals surface area contributed by atoms with Gasteiger partial charge >= 0.3 is 35.0 Å². The monoisotopic (exact) mass is 492 g/mol. The Balaban J connectivity index is 0.00000512. The van der Waals surface area contributed by atoms with Gasteiger partial charge in [0.1, 0.15) is 5.75 Å². The fraction of sp³-hybridized carbons (Fsp3) is 0.619. The van der Waals surface area contributed by atoms with E-state index in [1.54, 1.807) is 23.2 Å². The first-order valence-corrected chi connectivity index (χ1v) is 10.4. The largest absolute Gasteiger partial charge is 2.00 e. The Labute approximate surface area is 198 Å². The predicted octanol–water partition coefficient (Wildman–Crippen LogP) is 1.54. The van der Waals surface area contributed by atoms with Gasteiger partial charge in [0.15, 0.2) is 0 Å². The van der Waals surface area contributed by atoms with Crippen LogP contribution in [0.25, 0.3) is 0 Å². The summed E-state index contributed by atoms with van der Waals surface area (Å²) in [6.45, 7) is 2.96. The Hall–Kier alpha value is -2.20. The average molecular weight is 492 g/mol. The maximum absolute atomic E-state index is 11.6. The van der Waals surface area contributed by atoms with Crippen LogP contribution < -0.4 is 4.74 Å². The van der Waals surface area contributed by atoms with E-state index in [1.807, 2.05) is 13.8 Å². The predicted molar refractivity (Wildman–Crippen MR) is 111 cm³/mol. The quantitative estimate of drug-likeness (QED) is 0.368. The van der Waals surface area contributed by atoms with Crippen LogP contribution in [0.2, 0.25) is 0 Å². The molecule has 177 valence electrons. The Kier molecular flexibility index (Phi) is 11.6. The standard InChI is InChI=1S/C21H31N3O7.Mn/c1-14(2)31-16-7-8-22-15(9-16)10-23(11-19(25)26)17-5-3-4-6-18(17)24(12-20(27)28)13-21(29)30;/h7-9,14,17-18H,3-6,10-13H2,1-2H3,(H,25,26)(H,27,28)(H,29,30);/q;+2/t17-,18?;/m0./s1. The number of rotatable bonds is 12. The van der Waals surface area contributed by atoms with Gasteiger partial charge in [0.25, 0.3) is 0 Å². The number of carbonyl (C=O) groups is 3. The molecule has 0 bridgehead atoms. The first-order chi connectivity index (χ1) is 14.7. The Morgan fingerprint density at radius 3 is 2.00 bits per heavy atom. The van der Waals surface area contributed by atoms with Crippen LogP contribution in [0.5, 0.6) is 5.75 Å². The van der Waals surface area contributed by atoms with Gasteiger partial charge in [-0.05, 0) is 32.8 Å². The van der Waals surface area contributed by atoms with E-state index >= 15 is 0 Å². The summed E-state index contributed by atoms with van der Waals surface area (Å²) in [4.78, 5) is 41.8. The molecule has 1 aromatic heterocycles. The zero-order chi connectivity index (χ0) is 23.0. The SMILES string of the molecule is CC(C)Oc1ccnc(CN(CC(=O)O)[C@H]2CCCCC2N(CC(=O)O)CC(=O)O)c1.[Mn+2]. The van der Waals surface area contributed by atoms with Crippen LogP contribution in [0, 0.1) is 0 Å². The van der Waals surface area contributed by atoms with Gasteiger partial charge in [-0.15, -0.1) is 0 Å². The molecule has 10 nitrogen and oxygen atoms in total. The van der Waals surface area contributed by atoms with Crippen LogP contribution in [0.15, 0.2) is 18.3 Å². The average Bonchev–Trinajstić information content (AvgIpc) is 2.65. The summed E-state index contributed by atoms with van der Waals surface area (Å²) in [6, 6.07) is 2.81. The van der Waals surface area contributed by atoms with E-state index in [0.717, 1.165) is 12.8 Å². The van der Waals surface area contributed by atoms with Crippen molar-refractivity contribution in [3.63, 3.8) is 0 Å². The normalized spacial score (nSPS) is 18.4. The summed E-state index contributed by atoms with van der Waals surface area (Å²) in [5.74, 6) is -2.61. The summed E-state index contributed by atoms with van der Waals surface area (Å²) in [5, 5.41) is 28.0. The number of aromatic nitrogens is 1. The first-order valence-electron chi connectivity index (χ1n) is 10.4. The third-order valence-corrected chi connectivity index (χ3v) is 5.17. The number of carboxylic acid groups (broad SMARTS) is 3. The minimum Gasteiger partial charge on any atom is -0.491 e. The van der Waals surface area contributed by atoms with Crippen molar-refractivity contribution in [3.8, 4) is 5.75 Å². The maximum atomic E-state index is 11.6. The fourth-order valence-electron chi connectivity index (χ4n) is 4.14. The van der Waals surface area contributed by atoms with Crippen molar-refractivity contribution in [3.05, 3.63) is 24.0 Å². The number of aliphatic carboxylic acids is 3. The van der Waals surface area contributed by atoms with Gasteiger partial charge in [0.2, 0.25) is 0 Å². The van der Waals surface area contributed by atoms with E-state index in [-0.39, 0.29) is 48.3 Å². The molecule has 1 heterocycles. The maximum Gasteiger partial charge on any atom is 2.00 e. The number of ether oxygens (including phenoxy) is 1. The molecular weight excluding hydrogens is 461 g/mol. The van der Waals surface area contributed by atoms with Gasteiger partial charge in [-0.1, -0.05) is 12.8 Å². The molecule has 2 rings (SSSR count). The van der Waals surface area contributed by atoms with Crippen molar-refractivity contribution in [2.75, 3.05) is 19.6 Å². The minimum atomic E-state index is -1.12. The molecule has 0 aromatic carbocycles. The zero-order valence-electron chi connectivity index (χ0n) is 18.3. The summed E-state index contributed by atoms with van der Waals surface area (Å²) in [5.41, 5.74) is 0.631. The van der Waals surface area contributed by atoms with Crippen molar-refractivity contribution in [2.24, 2.45) is 0 Å². The molecule has 1 unspecified atom stereocenters. The molecule has 0 aliphatic heterocycles. The zero-order valence-corrected chi connectivity index (χ0v) is 19.5. The van der Waals surface area contributed by atoms with Crippen molar-refractivity contribution in [1.29, 1.82) is 0 Å². The first kappa shape index (κ1) is 27.8. The van der Waals surface area contributed by atoms with Gasteiger partial charge in [0, 0.05) is 30.9 Å². The molecule has 2 atom stereocenters. The van der Waals surface area contributed by atoms with Crippen LogP contribution >= 0.6 is 0 Å². The van der Waals surface area contributed by atoms with E-state index in [4.69, 9.17) is 4.74 Å². The number of pyridine rings is 1. The number of hydrogen-bond donors (Lipinski definition) is 3. The Bertz CT molecular complexity index is 762. The Morgan fingerprint density at radius 2 is 1.50 bits per heavy atom.